The van der Waals surface area contributed by atoms with Gasteiger partial charge < -0.3 is 9.84 Å². The van der Waals surface area contributed by atoms with Crippen LogP contribution >= 0.6 is 11.6 Å². The number of ether oxygens (including phenoxy) is 1. The smallest absolute Gasteiger partial charge is 0.412 e. The van der Waals surface area contributed by atoms with Crippen LogP contribution in [0.3, 0.4) is 0 Å². The van der Waals surface area contributed by atoms with Crippen molar-refractivity contribution in [2.24, 2.45) is 0 Å². The molecule has 1 rings (SSSR count). The zero-order valence-corrected chi connectivity index (χ0v) is 10.7. The molecule has 2 N–H and O–H groups in total. The van der Waals surface area contributed by atoms with E-state index in [0.717, 1.165) is 0 Å². The Morgan fingerprint density at radius 3 is 2.76 bits per heavy atom. The van der Waals surface area contributed by atoms with Gasteiger partial charge in [0.15, 0.2) is 5.15 Å². The molecule has 0 saturated carbocycles. The van der Waals surface area contributed by atoms with Gasteiger partial charge in [-0.15, -0.1) is 0 Å². The Hall–Kier alpha value is -1.33. The van der Waals surface area contributed by atoms with Crippen molar-refractivity contribution in [2.45, 2.75) is 33.0 Å². The first-order chi connectivity index (χ1) is 7.83. The molecule has 5 nitrogen and oxygen atoms in total. The van der Waals surface area contributed by atoms with Crippen LogP contribution in [0.15, 0.2) is 12.3 Å². The Balaban J connectivity index is 2.84. The monoisotopic (exact) mass is 258 g/mol. The molecule has 1 aromatic rings. The van der Waals surface area contributed by atoms with Crippen LogP contribution in [0.25, 0.3) is 0 Å². The van der Waals surface area contributed by atoms with E-state index in [2.05, 4.69) is 10.3 Å². The second-order valence-corrected chi connectivity index (χ2v) is 4.78. The van der Waals surface area contributed by atoms with Gasteiger partial charge in [-0.2, -0.15) is 0 Å². The molecular weight excluding hydrogens is 244 g/mol. The molecule has 94 valence electrons. The minimum atomic E-state index is -0.637. The number of rotatable bonds is 2. The Bertz CT molecular complexity index is 416. The molecule has 0 saturated heterocycles. The lowest BCUT2D eigenvalue weighted by atomic mass is 10.2. The van der Waals surface area contributed by atoms with E-state index in [0.29, 0.717) is 5.56 Å². The molecular formula is C11H15ClN2O3. The molecule has 0 aliphatic rings. The van der Waals surface area contributed by atoms with Crippen molar-refractivity contribution in [3.05, 3.63) is 23.0 Å². The van der Waals surface area contributed by atoms with Crippen molar-refractivity contribution in [3.8, 4) is 0 Å². The average Bonchev–Trinajstić information content (AvgIpc) is 2.18. The van der Waals surface area contributed by atoms with Gasteiger partial charge in [-0.25, -0.2) is 9.78 Å². The molecule has 1 aromatic heterocycles. The average molecular weight is 259 g/mol. The van der Waals surface area contributed by atoms with E-state index in [4.69, 9.17) is 21.4 Å². The van der Waals surface area contributed by atoms with Crippen LogP contribution in [0, 0.1) is 0 Å². The maximum atomic E-state index is 11.5. The van der Waals surface area contributed by atoms with Crippen LogP contribution in [0.1, 0.15) is 26.3 Å². The second kappa shape index (κ2) is 5.33. The summed E-state index contributed by atoms with van der Waals surface area (Å²) in [6.07, 6.45) is 0.816. The van der Waals surface area contributed by atoms with Crippen molar-refractivity contribution < 1.29 is 14.6 Å². The lowest BCUT2D eigenvalue weighted by Gasteiger charge is -2.20. The summed E-state index contributed by atoms with van der Waals surface area (Å²) in [5.74, 6) is 0. The fourth-order valence-electron chi connectivity index (χ4n) is 1.14. The van der Waals surface area contributed by atoms with Crippen molar-refractivity contribution >= 4 is 23.4 Å². The number of hydrogen-bond acceptors (Lipinski definition) is 4. The number of aromatic nitrogens is 1. The molecule has 1 heterocycles. The first kappa shape index (κ1) is 13.7. The highest BCUT2D eigenvalue weighted by Crippen LogP contribution is 2.24. The molecule has 0 radical (unpaired) electrons. The van der Waals surface area contributed by atoms with Crippen molar-refractivity contribution in [2.75, 3.05) is 5.32 Å². The number of aliphatic hydroxyl groups excluding tert-OH is 1. The van der Waals surface area contributed by atoms with Crippen LogP contribution in [0.5, 0.6) is 0 Å². The molecule has 0 fully saturated rings. The van der Waals surface area contributed by atoms with Crippen molar-refractivity contribution in [1.29, 1.82) is 0 Å². The van der Waals surface area contributed by atoms with Gasteiger partial charge in [0, 0.05) is 11.8 Å². The molecule has 6 heteroatoms. The van der Waals surface area contributed by atoms with Crippen LogP contribution in [-0.4, -0.2) is 21.8 Å². The van der Waals surface area contributed by atoms with E-state index in [-0.39, 0.29) is 17.4 Å². The van der Waals surface area contributed by atoms with Crippen LogP contribution < -0.4 is 5.32 Å². The number of carbonyl (C=O) groups excluding carboxylic acids is 1. The van der Waals surface area contributed by atoms with E-state index in [1.807, 2.05) is 0 Å². The van der Waals surface area contributed by atoms with Crippen molar-refractivity contribution in [1.82, 2.24) is 4.98 Å². The fourth-order valence-corrected chi connectivity index (χ4v) is 1.37. The van der Waals surface area contributed by atoms with E-state index in [9.17, 15) is 4.79 Å². The maximum Gasteiger partial charge on any atom is 0.412 e. The number of anilines is 1. The summed E-state index contributed by atoms with van der Waals surface area (Å²) in [7, 11) is 0. The quantitative estimate of drug-likeness (QED) is 0.800. The topological polar surface area (TPSA) is 71.5 Å². The van der Waals surface area contributed by atoms with Crippen LogP contribution in [0.4, 0.5) is 10.5 Å². The highest BCUT2D eigenvalue weighted by Gasteiger charge is 2.18. The molecule has 0 spiro atoms. The van der Waals surface area contributed by atoms with Gasteiger partial charge in [0.1, 0.15) is 5.60 Å². The first-order valence-corrected chi connectivity index (χ1v) is 5.45. The van der Waals surface area contributed by atoms with Gasteiger partial charge in [-0.05, 0) is 26.8 Å². The number of pyridine rings is 1. The second-order valence-electron chi connectivity index (χ2n) is 4.42. The highest BCUT2D eigenvalue weighted by molar-refractivity contribution is 6.32. The number of halogens is 1. The van der Waals surface area contributed by atoms with Gasteiger partial charge in [-0.3, -0.25) is 5.32 Å². The predicted octanol–water partition coefficient (Wildman–Crippen LogP) is 2.57. The number of nitrogens with one attached hydrogen (secondary N) is 1. The minimum Gasteiger partial charge on any atom is -0.444 e. The maximum absolute atomic E-state index is 11.5. The van der Waals surface area contributed by atoms with Crippen LogP contribution in [0.2, 0.25) is 5.15 Å². The van der Waals surface area contributed by atoms with E-state index in [1.54, 1.807) is 26.8 Å². The number of amides is 1. The Morgan fingerprint density at radius 1 is 1.59 bits per heavy atom. The molecule has 0 atom stereocenters. The zero-order valence-electron chi connectivity index (χ0n) is 9.95. The van der Waals surface area contributed by atoms with Gasteiger partial charge in [-0.1, -0.05) is 11.6 Å². The van der Waals surface area contributed by atoms with Gasteiger partial charge in [0.05, 0.1) is 12.3 Å². The van der Waals surface area contributed by atoms with Crippen LogP contribution in [-0.2, 0) is 11.3 Å². The van der Waals surface area contributed by atoms with Gasteiger partial charge in [0.2, 0.25) is 0 Å². The number of hydrogen-bond donors (Lipinski definition) is 2. The molecule has 0 aliphatic carbocycles. The first-order valence-electron chi connectivity index (χ1n) is 5.07. The lowest BCUT2D eigenvalue weighted by molar-refractivity contribution is 0.0635. The Morgan fingerprint density at radius 2 is 2.24 bits per heavy atom. The lowest BCUT2D eigenvalue weighted by Crippen LogP contribution is -2.27. The molecule has 0 unspecified atom stereocenters. The summed E-state index contributed by atoms with van der Waals surface area (Å²) < 4.78 is 5.08. The third-order valence-corrected chi connectivity index (χ3v) is 2.07. The van der Waals surface area contributed by atoms with Crippen molar-refractivity contribution in [3.63, 3.8) is 0 Å². The molecule has 0 aliphatic heterocycles. The molecule has 1 amide bonds. The summed E-state index contributed by atoms with van der Waals surface area (Å²) in [5.41, 5.74) is 0.153. The molecule has 0 aromatic carbocycles. The van der Waals surface area contributed by atoms with E-state index in [1.165, 1.54) is 6.20 Å². The third kappa shape index (κ3) is 4.20. The summed E-state index contributed by atoms with van der Waals surface area (Å²) in [6.45, 7) is 5.02. The number of nitrogens with zero attached hydrogens (tertiary/aromatic N) is 1. The van der Waals surface area contributed by atoms with Gasteiger partial charge in [0.25, 0.3) is 0 Å². The van der Waals surface area contributed by atoms with E-state index >= 15 is 0 Å². The van der Waals surface area contributed by atoms with Gasteiger partial charge >= 0.3 is 6.09 Å². The SMILES string of the molecule is CC(C)(C)OC(=O)Nc1c(CO)ccnc1Cl. The van der Waals surface area contributed by atoms with E-state index < -0.39 is 11.7 Å². The number of carbonyl (C=O) groups is 1. The molecule has 0 bridgehead atoms. The number of aliphatic hydroxyl groups is 1. The fraction of sp³-hybridized carbons (Fsp3) is 0.455. The summed E-state index contributed by atoms with van der Waals surface area (Å²) in [4.78, 5) is 15.4. The normalized spacial score (nSPS) is 11.1. The molecule has 17 heavy (non-hydrogen) atoms. The predicted molar refractivity (Wildman–Crippen MR) is 65.0 cm³/mol. The zero-order chi connectivity index (χ0) is 13.1. The standard InChI is InChI=1S/C11H15ClN2O3/c1-11(2,3)17-10(16)14-8-7(6-15)4-5-13-9(8)12/h4-5,15H,6H2,1-3H3,(H,14,16). The largest absolute Gasteiger partial charge is 0.444 e. The summed E-state index contributed by atoms with van der Waals surface area (Å²) in [6, 6.07) is 1.57. The summed E-state index contributed by atoms with van der Waals surface area (Å²) >= 11 is 5.83. The Kier molecular flexibility index (Phi) is 4.31. The minimum absolute atomic E-state index is 0.113. The highest BCUT2D eigenvalue weighted by atomic mass is 35.5. The Labute approximate surface area is 105 Å². The summed E-state index contributed by atoms with van der Waals surface area (Å²) in [5, 5.41) is 11.7. The third-order valence-electron chi connectivity index (χ3n) is 1.79.